The number of aliphatic hydroxyl groups is 1. The Morgan fingerprint density at radius 2 is 1.65 bits per heavy atom. The maximum Gasteiger partial charge on any atom is 0.261 e. The molecule has 2 amide bonds. The van der Waals surface area contributed by atoms with E-state index in [1.165, 1.54) is 45.6 Å². The third-order valence-electron chi connectivity index (χ3n) is 6.97. The van der Waals surface area contributed by atoms with E-state index in [4.69, 9.17) is 9.47 Å². The molecule has 1 heterocycles. The van der Waals surface area contributed by atoms with Crippen molar-refractivity contribution in [2.24, 2.45) is 0 Å². The molecule has 230 valence electrons. The van der Waals surface area contributed by atoms with Crippen LogP contribution in [0.5, 0.6) is 5.75 Å². The third kappa shape index (κ3) is 9.07. The summed E-state index contributed by atoms with van der Waals surface area (Å²) in [7, 11) is -3.69. The summed E-state index contributed by atoms with van der Waals surface area (Å²) in [5.74, 6) is -1.03. The standard InChI is InChI=1S/C31H36FN3O7S/c32-26-9-7-25(8-10-26)22-35(29(31(38)33-15-4-18-36)21-24-5-2-1-3-6-24)30(37)23-42-27-11-13-28(14-12-27)43(39,40)34-16-19-41-20-17-34/h1-3,5-14,29,36H,4,15-23H2,(H,33,38)/t29-/m0/s1. The first-order valence-electron chi connectivity index (χ1n) is 14.0. The van der Waals surface area contributed by atoms with Crippen molar-refractivity contribution in [3.8, 4) is 5.75 Å². The van der Waals surface area contributed by atoms with Gasteiger partial charge in [-0.05, 0) is 53.9 Å². The summed E-state index contributed by atoms with van der Waals surface area (Å²) in [6.45, 7) is 0.949. The Bertz CT molecular complexity index is 1430. The fourth-order valence-electron chi connectivity index (χ4n) is 4.62. The molecule has 0 unspecified atom stereocenters. The number of carbonyl (C=O) groups is 2. The van der Waals surface area contributed by atoms with E-state index in [-0.39, 0.29) is 49.9 Å². The van der Waals surface area contributed by atoms with Crippen molar-refractivity contribution in [1.82, 2.24) is 14.5 Å². The highest BCUT2D eigenvalue weighted by Gasteiger charge is 2.31. The van der Waals surface area contributed by atoms with E-state index >= 15 is 0 Å². The SMILES string of the molecule is O=C(NCCCO)[C@H](Cc1ccccc1)N(Cc1ccc(F)cc1)C(=O)COc1ccc(S(=O)(=O)N2CCOCC2)cc1. The number of nitrogens with zero attached hydrogens (tertiary/aromatic N) is 2. The molecule has 1 saturated heterocycles. The zero-order chi connectivity index (χ0) is 30.7. The fraction of sp³-hybridized carbons (Fsp3) is 0.355. The summed E-state index contributed by atoms with van der Waals surface area (Å²) >= 11 is 0. The second-order valence-electron chi connectivity index (χ2n) is 10.00. The summed E-state index contributed by atoms with van der Waals surface area (Å²) in [4.78, 5) is 28.6. The molecule has 0 aromatic heterocycles. The van der Waals surface area contributed by atoms with Crippen molar-refractivity contribution in [2.75, 3.05) is 46.1 Å². The number of morpholine rings is 1. The van der Waals surface area contributed by atoms with Crippen molar-refractivity contribution >= 4 is 21.8 Å². The van der Waals surface area contributed by atoms with Gasteiger partial charge in [-0.2, -0.15) is 4.31 Å². The zero-order valence-electron chi connectivity index (χ0n) is 23.7. The zero-order valence-corrected chi connectivity index (χ0v) is 24.5. The molecule has 2 N–H and O–H groups in total. The van der Waals surface area contributed by atoms with Gasteiger partial charge in [-0.15, -0.1) is 0 Å². The van der Waals surface area contributed by atoms with Gasteiger partial charge >= 0.3 is 0 Å². The number of rotatable bonds is 14. The summed E-state index contributed by atoms with van der Waals surface area (Å²) < 4.78 is 51.8. The second kappa shape index (κ2) is 15.6. The van der Waals surface area contributed by atoms with E-state index in [0.717, 1.165) is 5.56 Å². The Morgan fingerprint density at radius 1 is 0.977 bits per heavy atom. The Hall–Kier alpha value is -3.84. The topological polar surface area (TPSA) is 125 Å². The van der Waals surface area contributed by atoms with Gasteiger partial charge in [0.1, 0.15) is 17.6 Å². The monoisotopic (exact) mass is 613 g/mol. The van der Waals surface area contributed by atoms with Crippen molar-refractivity contribution in [2.45, 2.75) is 30.3 Å². The first-order chi connectivity index (χ1) is 20.8. The highest BCUT2D eigenvalue weighted by Crippen LogP contribution is 2.21. The molecule has 1 fully saturated rings. The van der Waals surface area contributed by atoms with Gasteiger partial charge in [0, 0.05) is 39.2 Å². The van der Waals surface area contributed by atoms with Gasteiger partial charge in [-0.25, -0.2) is 12.8 Å². The Balaban J connectivity index is 1.53. The molecule has 43 heavy (non-hydrogen) atoms. The second-order valence-corrected chi connectivity index (χ2v) is 11.9. The van der Waals surface area contributed by atoms with Crippen molar-refractivity contribution in [3.05, 3.63) is 95.8 Å². The minimum Gasteiger partial charge on any atom is -0.484 e. The molecule has 3 aromatic carbocycles. The number of amides is 2. The summed E-state index contributed by atoms with van der Waals surface area (Å²) in [5, 5.41) is 12.0. The van der Waals surface area contributed by atoms with Gasteiger partial charge in [-0.1, -0.05) is 42.5 Å². The van der Waals surface area contributed by atoms with Gasteiger partial charge in [0.25, 0.3) is 5.91 Å². The van der Waals surface area contributed by atoms with E-state index < -0.39 is 40.3 Å². The van der Waals surface area contributed by atoms with Crippen molar-refractivity contribution in [1.29, 1.82) is 0 Å². The quantitative estimate of drug-likeness (QED) is 0.268. The van der Waals surface area contributed by atoms with Crippen molar-refractivity contribution in [3.63, 3.8) is 0 Å². The predicted molar refractivity (Wildman–Crippen MR) is 157 cm³/mol. The smallest absolute Gasteiger partial charge is 0.261 e. The van der Waals surface area contributed by atoms with Crippen LogP contribution in [0.4, 0.5) is 4.39 Å². The van der Waals surface area contributed by atoms with E-state index in [2.05, 4.69) is 5.32 Å². The minimum absolute atomic E-state index is 0.0180. The lowest BCUT2D eigenvalue weighted by molar-refractivity contribution is -0.142. The third-order valence-corrected chi connectivity index (χ3v) is 8.88. The maximum absolute atomic E-state index is 13.7. The van der Waals surface area contributed by atoms with Crippen molar-refractivity contribution < 1.29 is 37.0 Å². The molecule has 1 aliphatic rings. The molecular formula is C31H36FN3O7S. The van der Waals surface area contributed by atoms with Crippen LogP contribution in [0, 0.1) is 5.82 Å². The molecule has 12 heteroatoms. The molecule has 0 aliphatic carbocycles. The molecule has 1 atom stereocenters. The molecular weight excluding hydrogens is 577 g/mol. The van der Waals surface area contributed by atoms with E-state index in [1.54, 1.807) is 12.1 Å². The van der Waals surface area contributed by atoms with Crippen LogP contribution < -0.4 is 10.1 Å². The number of aliphatic hydroxyl groups excluding tert-OH is 1. The summed E-state index contributed by atoms with van der Waals surface area (Å²) in [5.41, 5.74) is 1.45. The number of ether oxygens (including phenoxy) is 2. The predicted octanol–water partition coefficient (Wildman–Crippen LogP) is 2.36. The van der Waals surface area contributed by atoms with Gasteiger partial charge in [0.15, 0.2) is 6.61 Å². The van der Waals surface area contributed by atoms with Gasteiger partial charge in [0.2, 0.25) is 15.9 Å². The molecule has 3 aromatic rings. The number of carbonyl (C=O) groups excluding carboxylic acids is 2. The lowest BCUT2D eigenvalue weighted by Gasteiger charge is -2.31. The highest BCUT2D eigenvalue weighted by molar-refractivity contribution is 7.89. The normalized spacial score (nSPS) is 14.6. The number of nitrogens with one attached hydrogen (secondary N) is 1. The number of hydrogen-bond acceptors (Lipinski definition) is 7. The van der Waals surface area contributed by atoms with Crippen LogP contribution in [0.25, 0.3) is 0 Å². The number of hydrogen-bond donors (Lipinski definition) is 2. The van der Waals surface area contributed by atoms with E-state index in [9.17, 15) is 27.5 Å². The lowest BCUT2D eigenvalue weighted by atomic mass is 10.0. The van der Waals surface area contributed by atoms with Crippen LogP contribution in [0.15, 0.2) is 83.8 Å². The molecule has 0 bridgehead atoms. The largest absolute Gasteiger partial charge is 0.484 e. The average molecular weight is 614 g/mol. The lowest BCUT2D eigenvalue weighted by Crippen LogP contribution is -2.51. The molecule has 0 radical (unpaired) electrons. The van der Waals surface area contributed by atoms with E-state index in [1.807, 2.05) is 30.3 Å². The van der Waals surface area contributed by atoms with Crippen LogP contribution >= 0.6 is 0 Å². The van der Waals surface area contributed by atoms with E-state index in [0.29, 0.717) is 25.2 Å². The molecule has 0 spiro atoms. The molecule has 0 saturated carbocycles. The summed E-state index contributed by atoms with van der Waals surface area (Å²) in [6, 6.07) is 19.8. The van der Waals surface area contributed by atoms with Gasteiger partial charge in [0.05, 0.1) is 18.1 Å². The molecule has 4 rings (SSSR count). The maximum atomic E-state index is 13.7. The van der Waals surface area contributed by atoms with Crippen LogP contribution in [-0.4, -0.2) is 86.6 Å². The summed E-state index contributed by atoms with van der Waals surface area (Å²) in [6.07, 6.45) is 0.572. The van der Waals surface area contributed by atoms with Crippen LogP contribution in [0.1, 0.15) is 17.5 Å². The average Bonchev–Trinajstić information content (AvgIpc) is 3.03. The Morgan fingerprint density at radius 3 is 2.30 bits per heavy atom. The van der Waals surface area contributed by atoms with Gasteiger partial charge < -0.3 is 24.8 Å². The number of halogens is 1. The van der Waals surface area contributed by atoms with Crippen LogP contribution in [-0.2, 0) is 37.3 Å². The Kier molecular flexibility index (Phi) is 11.6. The van der Waals surface area contributed by atoms with Crippen LogP contribution in [0.2, 0.25) is 0 Å². The van der Waals surface area contributed by atoms with Crippen LogP contribution in [0.3, 0.4) is 0 Å². The number of benzene rings is 3. The fourth-order valence-corrected chi connectivity index (χ4v) is 6.03. The highest BCUT2D eigenvalue weighted by atomic mass is 32.2. The number of sulfonamides is 1. The minimum atomic E-state index is -3.69. The first-order valence-corrected chi connectivity index (χ1v) is 15.5. The molecule has 10 nitrogen and oxygen atoms in total. The Labute approximate surface area is 251 Å². The molecule has 1 aliphatic heterocycles. The first kappa shape index (κ1) is 32.1. The van der Waals surface area contributed by atoms with Gasteiger partial charge in [-0.3, -0.25) is 9.59 Å².